The summed E-state index contributed by atoms with van der Waals surface area (Å²) in [5.74, 6) is 0. The van der Waals surface area contributed by atoms with Crippen LogP contribution in [0, 0.1) is 0 Å². The van der Waals surface area contributed by atoms with Crippen molar-refractivity contribution in [1.82, 2.24) is 9.88 Å². The Labute approximate surface area is 103 Å². The van der Waals surface area contributed by atoms with E-state index in [0.29, 0.717) is 12.6 Å². The lowest BCUT2D eigenvalue weighted by molar-refractivity contribution is 0.0281. The smallest absolute Gasteiger partial charge is 0.0698 e. The number of pyridine rings is 1. The second-order valence-corrected chi connectivity index (χ2v) is 4.60. The zero-order valence-corrected chi connectivity index (χ0v) is 10.4. The zero-order chi connectivity index (χ0) is 12.1. The van der Waals surface area contributed by atoms with Crippen molar-refractivity contribution < 1.29 is 4.74 Å². The summed E-state index contributed by atoms with van der Waals surface area (Å²) in [6, 6.07) is 4.12. The standard InChI is InChI=1S/C13H21N3O/c1-17-13-3-2-6-16(10-13)9-12-5-4-11(7-14)8-15-12/h4-5,8,13H,2-3,6-7,9-10,14H2,1H3. The van der Waals surface area contributed by atoms with Gasteiger partial charge in [-0.1, -0.05) is 6.07 Å². The maximum absolute atomic E-state index is 5.55. The number of piperidine rings is 1. The summed E-state index contributed by atoms with van der Waals surface area (Å²) in [6.45, 7) is 3.62. The molecule has 1 fully saturated rings. The molecule has 2 rings (SSSR count). The second-order valence-electron chi connectivity index (χ2n) is 4.60. The van der Waals surface area contributed by atoms with E-state index in [9.17, 15) is 0 Å². The minimum absolute atomic E-state index is 0.382. The predicted octanol–water partition coefficient (Wildman–Crippen LogP) is 1.15. The molecule has 0 aliphatic carbocycles. The van der Waals surface area contributed by atoms with E-state index in [1.165, 1.54) is 12.8 Å². The molecule has 1 aliphatic heterocycles. The molecule has 17 heavy (non-hydrogen) atoms. The number of nitrogens with two attached hydrogens (primary N) is 1. The van der Waals surface area contributed by atoms with Gasteiger partial charge in [0.25, 0.3) is 0 Å². The van der Waals surface area contributed by atoms with E-state index in [1.807, 2.05) is 6.20 Å². The summed E-state index contributed by atoms with van der Waals surface area (Å²) < 4.78 is 5.42. The van der Waals surface area contributed by atoms with Gasteiger partial charge in [-0.15, -0.1) is 0 Å². The van der Waals surface area contributed by atoms with Crippen LogP contribution in [0.25, 0.3) is 0 Å². The Bertz CT molecular complexity index is 339. The van der Waals surface area contributed by atoms with Crippen molar-refractivity contribution in [2.45, 2.75) is 32.0 Å². The van der Waals surface area contributed by atoms with E-state index in [4.69, 9.17) is 10.5 Å². The molecule has 1 unspecified atom stereocenters. The average Bonchev–Trinajstić information content (AvgIpc) is 2.40. The normalized spacial score (nSPS) is 21.6. The summed E-state index contributed by atoms with van der Waals surface area (Å²) in [5.41, 5.74) is 7.75. The average molecular weight is 235 g/mol. The molecule has 1 aliphatic rings. The molecule has 0 bridgehead atoms. The van der Waals surface area contributed by atoms with Crippen molar-refractivity contribution in [2.75, 3.05) is 20.2 Å². The maximum Gasteiger partial charge on any atom is 0.0698 e. The molecule has 4 nitrogen and oxygen atoms in total. The summed E-state index contributed by atoms with van der Waals surface area (Å²) >= 11 is 0. The minimum Gasteiger partial charge on any atom is -0.380 e. The maximum atomic E-state index is 5.55. The van der Waals surface area contributed by atoms with Crippen LogP contribution >= 0.6 is 0 Å². The highest BCUT2D eigenvalue weighted by molar-refractivity contribution is 5.13. The molecule has 1 atom stereocenters. The topological polar surface area (TPSA) is 51.4 Å². The van der Waals surface area contributed by atoms with E-state index in [-0.39, 0.29) is 0 Å². The molecule has 4 heteroatoms. The molecule has 0 aromatic carbocycles. The van der Waals surface area contributed by atoms with E-state index in [1.54, 1.807) is 7.11 Å². The third-order valence-corrected chi connectivity index (χ3v) is 3.30. The summed E-state index contributed by atoms with van der Waals surface area (Å²) in [6.07, 6.45) is 4.63. The lowest BCUT2D eigenvalue weighted by Crippen LogP contribution is -2.38. The van der Waals surface area contributed by atoms with Crippen molar-refractivity contribution in [2.24, 2.45) is 5.73 Å². The molecule has 94 valence electrons. The third-order valence-electron chi connectivity index (χ3n) is 3.30. The van der Waals surface area contributed by atoms with Crippen LogP contribution in [0.3, 0.4) is 0 Å². The monoisotopic (exact) mass is 235 g/mol. The van der Waals surface area contributed by atoms with Crippen LogP contribution < -0.4 is 5.73 Å². The van der Waals surface area contributed by atoms with E-state index in [2.05, 4.69) is 22.0 Å². The second kappa shape index (κ2) is 6.10. The highest BCUT2D eigenvalue weighted by atomic mass is 16.5. The molecule has 1 saturated heterocycles. The van der Waals surface area contributed by atoms with Gasteiger partial charge in [-0.3, -0.25) is 9.88 Å². The SMILES string of the molecule is COC1CCCN(Cc2ccc(CN)cn2)C1. The lowest BCUT2D eigenvalue weighted by Gasteiger charge is -2.31. The summed E-state index contributed by atoms with van der Waals surface area (Å²) in [7, 11) is 1.79. The lowest BCUT2D eigenvalue weighted by atomic mass is 10.1. The van der Waals surface area contributed by atoms with Gasteiger partial charge in [-0.05, 0) is 31.0 Å². The van der Waals surface area contributed by atoms with Crippen LogP contribution in [0.2, 0.25) is 0 Å². The van der Waals surface area contributed by atoms with Crippen LogP contribution in [0.4, 0.5) is 0 Å². The van der Waals surface area contributed by atoms with E-state index >= 15 is 0 Å². The fourth-order valence-electron chi connectivity index (χ4n) is 2.25. The minimum atomic E-state index is 0.382. The van der Waals surface area contributed by atoms with Gasteiger partial charge >= 0.3 is 0 Å². The van der Waals surface area contributed by atoms with E-state index < -0.39 is 0 Å². The van der Waals surface area contributed by atoms with Gasteiger partial charge < -0.3 is 10.5 Å². The molecule has 2 N–H and O–H groups in total. The number of hydrogen-bond acceptors (Lipinski definition) is 4. The van der Waals surface area contributed by atoms with Gasteiger partial charge in [0.15, 0.2) is 0 Å². The highest BCUT2D eigenvalue weighted by Crippen LogP contribution is 2.14. The van der Waals surface area contributed by atoms with E-state index in [0.717, 1.165) is 30.9 Å². The van der Waals surface area contributed by atoms with Gasteiger partial charge in [0.1, 0.15) is 0 Å². The number of rotatable bonds is 4. The first-order chi connectivity index (χ1) is 8.31. The van der Waals surface area contributed by atoms with Crippen molar-refractivity contribution in [3.8, 4) is 0 Å². The Morgan fingerprint density at radius 1 is 1.53 bits per heavy atom. The molecular formula is C13H21N3O. The molecule has 0 amide bonds. The highest BCUT2D eigenvalue weighted by Gasteiger charge is 2.19. The number of aromatic nitrogens is 1. The Morgan fingerprint density at radius 3 is 3.06 bits per heavy atom. The molecular weight excluding hydrogens is 214 g/mol. The zero-order valence-electron chi connectivity index (χ0n) is 10.4. The number of likely N-dealkylation sites (tertiary alicyclic amines) is 1. The largest absolute Gasteiger partial charge is 0.380 e. The molecule has 0 radical (unpaired) electrons. The van der Waals surface area contributed by atoms with Gasteiger partial charge in [0, 0.05) is 32.9 Å². The van der Waals surface area contributed by atoms with Gasteiger partial charge in [-0.25, -0.2) is 0 Å². The van der Waals surface area contributed by atoms with Crippen molar-refractivity contribution in [3.05, 3.63) is 29.6 Å². The number of methoxy groups -OCH3 is 1. The predicted molar refractivity (Wildman–Crippen MR) is 67.4 cm³/mol. The van der Waals surface area contributed by atoms with Crippen LogP contribution in [0.5, 0.6) is 0 Å². The Hall–Kier alpha value is -0.970. The fourth-order valence-corrected chi connectivity index (χ4v) is 2.25. The number of nitrogens with zero attached hydrogens (tertiary/aromatic N) is 2. The van der Waals surface area contributed by atoms with Crippen molar-refractivity contribution in [3.63, 3.8) is 0 Å². The quantitative estimate of drug-likeness (QED) is 0.850. The van der Waals surface area contributed by atoms with Crippen LogP contribution in [0.15, 0.2) is 18.3 Å². The first-order valence-electron chi connectivity index (χ1n) is 6.21. The van der Waals surface area contributed by atoms with Crippen molar-refractivity contribution >= 4 is 0 Å². The first-order valence-corrected chi connectivity index (χ1v) is 6.21. The molecule has 1 aromatic heterocycles. The fraction of sp³-hybridized carbons (Fsp3) is 0.615. The summed E-state index contributed by atoms with van der Waals surface area (Å²) in [4.78, 5) is 6.84. The Morgan fingerprint density at radius 2 is 2.41 bits per heavy atom. The molecule has 0 saturated carbocycles. The van der Waals surface area contributed by atoms with Crippen LogP contribution in [0.1, 0.15) is 24.1 Å². The van der Waals surface area contributed by atoms with Crippen LogP contribution in [-0.2, 0) is 17.8 Å². The van der Waals surface area contributed by atoms with Gasteiger partial charge in [0.2, 0.25) is 0 Å². The number of hydrogen-bond donors (Lipinski definition) is 1. The van der Waals surface area contributed by atoms with Crippen molar-refractivity contribution in [1.29, 1.82) is 0 Å². The number of ether oxygens (including phenoxy) is 1. The third kappa shape index (κ3) is 3.49. The molecule has 2 heterocycles. The first kappa shape index (κ1) is 12.5. The molecule has 0 spiro atoms. The van der Waals surface area contributed by atoms with Gasteiger partial charge in [-0.2, -0.15) is 0 Å². The molecule has 1 aromatic rings. The van der Waals surface area contributed by atoms with Gasteiger partial charge in [0.05, 0.1) is 11.8 Å². The summed E-state index contributed by atoms with van der Waals surface area (Å²) in [5, 5.41) is 0. The Balaban J connectivity index is 1.90. The Kier molecular flexibility index (Phi) is 4.48. The van der Waals surface area contributed by atoms with Crippen LogP contribution in [-0.4, -0.2) is 36.2 Å².